The normalized spacial score (nSPS) is 9.89. The molecular formula is C6H10N2O. The van der Waals surface area contributed by atoms with Gasteiger partial charge < -0.3 is 4.42 Å². The van der Waals surface area contributed by atoms with Crippen molar-refractivity contribution in [2.24, 2.45) is 0 Å². The first kappa shape index (κ1) is 6.32. The number of furan rings is 1. The molecule has 0 aliphatic heterocycles. The second kappa shape index (κ2) is 3.27. The molecule has 1 heterocycles. The van der Waals surface area contributed by atoms with Crippen molar-refractivity contribution in [3.05, 3.63) is 24.2 Å². The number of nitrogens with one attached hydrogen (secondary N) is 2. The molecule has 9 heavy (non-hydrogen) atoms. The summed E-state index contributed by atoms with van der Waals surface area (Å²) in [6, 6.07) is 3.79. The highest BCUT2D eigenvalue weighted by molar-refractivity contribution is 4.96. The first-order chi connectivity index (χ1) is 4.43. The van der Waals surface area contributed by atoms with Gasteiger partial charge in [-0.05, 0) is 19.2 Å². The van der Waals surface area contributed by atoms with E-state index in [2.05, 4.69) is 10.9 Å². The zero-order valence-corrected chi connectivity index (χ0v) is 5.35. The molecule has 0 aliphatic carbocycles. The molecule has 1 aromatic rings. The topological polar surface area (TPSA) is 37.2 Å². The summed E-state index contributed by atoms with van der Waals surface area (Å²) in [6.07, 6.45) is 1.66. The van der Waals surface area contributed by atoms with Crippen LogP contribution in [0.3, 0.4) is 0 Å². The number of hydrazine groups is 1. The second-order valence-electron chi connectivity index (χ2n) is 1.68. The third kappa shape index (κ3) is 1.87. The summed E-state index contributed by atoms with van der Waals surface area (Å²) < 4.78 is 5.03. The van der Waals surface area contributed by atoms with Gasteiger partial charge in [-0.3, -0.25) is 10.9 Å². The van der Waals surface area contributed by atoms with Gasteiger partial charge in [0, 0.05) is 0 Å². The quantitative estimate of drug-likeness (QED) is 0.579. The highest BCUT2D eigenvalue weighted by atomic mass is 16.3. The second-order valence-corrected chi connectivity index (χ2v) is 1.68. The van der Waals surface area contributed by atoms with Gasteiger partial charge in [-0.15, -0.1) is 0 Å². The summed E-state index contributed by atoms with van der Waals surface area (Å²) in [5, 5.41) is 0. The molecule has 0 amide bonds. The molecule has 0 saturated carbocycles. The Kier molecular flexibility index (Phi) is 2.30. The van der Waals surface area contributed by atoms with E-state index in [1.165, 1.54) is 0 Å². The molecule has 3 nitrogen and oxygen atoms in total. The van der Waals surface area contributed by atoms with Gasteiger partial charge >= 0.3 is 0 Å². The molecule has 50 valence electrons. The van der Waals surface area contributed by atoms with Gasteiger partial charge in [0.1, 0.15) is 5.76 Å². The molecule has 0 atom stereocenters. The van der Waals surface area contributed by atoms with Crippen LogP contribution >= 0.6 is 0 Å². The van der Waals surface area contributed by atoms with Crippen LogP contribution in [-0.2, 0) is 6.54 Å². The lowest BCUT2D eigenvalue weighted by Gasteiger charge is -1.96. The van der Waals surface area contributed by atoms with Crippen LogP contribution in [0.15, 0.2) is 22.8 Å². The molecule has 0 radical (unpaired) electrons. The summed E-state index contributed by atoms with van der Waals surface area (Å²) in [7, 11) is 1.82. The van der Waals surface area contributed by atoms with E-state index in [1.54, 1.807) is 6.26 Å². The summed E-state index contributed by atoms with van der Waals surface area (Å²) in [5.74, 6) is 0.935. The Morgan fingerprint density at radius 3 is 3.11 bits per heavy atom. The monoisotopic (exact) mass is 126 g/mol. The van der Waals surface area contributed by atoms with E-state index in [0.29, 0.717) is 0 Å². The lowest BCUT2D eigenvalue weighted by atomic mass is 10.5. The minimum atomic E-state index is 0.726. The predicted molar refractivity (Wildman–Crippen MR) is 34.6 cm³/mol. The smallest absolute Gasteiger partial charge is 0.118 e. The lowest BCUT2D eigenvalue weighted by Crippen LogP contribution is -2.26. The summed E-state index contributed by atoms with van der Waals surface area (Å²) in [6.45, 7) is 0.726. The van der Waals surface area contributed by atoms with Crippen LogP contribution in [0.1, 0.15) is 5.76 Å². The largest absolute Gasteiger partial charge is 0.468 e. The van der Waals surface area contributed by atoms with Gasteiger partial charge in [0.25, 0.3) is 0 Å². The van der Waals surface area contributed by atoms with Crippen LogP contribution in [0.4, 0.5) is 0 Å². The minimum absolute atomic E-state index is 0.726. The molecule has 3 heteroatoms. The maximum absolute atomic E-state index is 5.03. The van der Waals surface area contributed by atoms with Gasteiger partial charge in [-0.25, -0.2) is 0 Å². The first-order valence-corrected chi connectivity index (χ1v) is 2.85. The highest BCUT2D eigenvalue weighted by Crippen LogP contribution is 1.96. The van der Waals surface area contributed by atoms with Gasteiger partial charge in [0.2, 0.25) is 0 Å². The molecule has 1 rings (SSSR count). The molecule has 0 aromatic carbocycles. The number of rotatable bonds is 3. The van der Waals surface area contributed by atoms with Crippen molar-refractivity contribution < 1.29 is 4.42 Å². The molecule has 0 saturated heterocycles. The molecule has 0 aliphatic rings. The van der Waals surface area contributed by atoms with Gasteiger partial charge in [0.05, 0.1) is 12.8 Å². The zero-order chi connectivity index (χ0) is 6.53. The van der Waals surface area contributed by atoms with Crippen LogP contribution in [0.5, 0.6) is 0 Å². The molecule has 2 N–H and O–H groups in total. The standard InChI is InChI=1S/C6H10N2O/c1-7-8-5-6-3-2-4-9-6/h2-4,7-8H,5H2,1H3. The maximum atomic E-state index is 5.03. The average molecular weight is 126 g/mol. The van der Waals surface area contributed by atoms with Crippen LogP contribution in [0.25, 0.3) is 0 Å². The Hall–Kier alpha value is -0.800. The van der Waals surface area contributed by atoms with Gasteiger partial charge in [-0.2, -0.15) is 0 Å². The van der Waals surface area contributed by atoms with E-state index < -0.39 is 0 Å². The number of hydrogen-bond donors (Lipinski definition) is 2. The van der Waals surface area contributed by atoms with Crippen LogP contribution in [-0.4, -0.2) is 7.05 Å². The molecule has 0 fully saturated rings. The van der Waals surface area contributed by atoms with Gasteiger partial charge in [-0.1, -0.05) is 0 Å². The lowest BCUT2D eigenvalue weighted by molar-refractivity contribution is 0.464. The van der Waals surface area contributed by atoms with Crippen molar-refractivity contribution in [1.29, 1.82) is 0 Å². The van der Waals surface area contributed by atoms with Crippen molar-refractivity contribution in [3.8, 4) is 0 Å². The Morgan fingerprint density at radius 1 is 1.67 bits per heavy atom. The van der Waals surface area contributed by atoms with E-state index in [9.17, 15) is 0 Å². The van der Waals surface area contributed by atoms with Crippen LogP contribution < -0.4 is 10.9 Å². The third-order valence-corrected chi connectivity index (χ3v) is 1.02. The van der Waals surface area contributed by atoms with E-state index in [4.69, 9.17) is 4.42 Å². The van der Waals surface area contributed by atoms with Crippen molar-refractivity contribution in [3.63, 3.8) is 0 Å². The van der Waals surface area contributed by atoms with E-state index >= 15 is 0 Å². The molecule has 0 unspecified atom stereocenters. The fraction of sp³-hybridized carbons (Fsp3) is 0.333. The Bertz CT molecular complexity index is 148. The SMILES string of the molecule is CNNCc1ccco1. The summed E-state index contributed by atoms with van der Waals surface area (Å²) in [4.78, 5) is 0. The summed E-state index contributed by atoms with van der Waals surface area (Å²) >= 11 is 0. The Labute approximate surface area is 54.0 Å². The van der Waals surface area contributed by atoms with Crippen molar-refractivity contribution in [2.45, 2.75) is 6.54 Å². The highest BCUT2D eigenvalue weighted by Gasteiger charge is 1.89. The van der Waals surface area contributed by atoms with Crippen LogP contribution in [0.2, 0.25) is 0 Å². The average Bonchev–Trinajstić information content (AvgIpc) is 2.34. The van der Waals surface area contributed by atoms with E-state index in [1.807, 2.05) is 19.2 Å². The van der Waals surface area contributed by atoms with Crippen molar-refractivity contribution >= 4 is 0 Å². The minimum Gasteiger partial charge on any atom is -0.468 e. The molecule has 1 aromatic heterocycles. The summed E-state index contributed by atoms with van der Waals surface area (Å²) in [5.41, 5.74) is 5.70. The number of hydrogen-bond acceptors (Lipinski definition) is 3. The fourth-order valence-electron chi connectivity index (χ4n) is 0.589. The van der Waals surface area contributed by atoms with E-state index in [-0.39, 0.29) is 0 Å². The maximum Gasteiger partial charge on any atom is 0.118 e. The Balaban J connectivity index is 2.30. The van der Waals surface area contributed by atoms with Crippen LogP contribution in [0, 0.1) is 0 Å². The van der Waals surface area contributed by atoms with E-state index in [0.717, 1.165) is 12.3 Å². The molecule has 0 bridgehead atoms. The third-order valence-electron chi connectivity index (χ3n) is 1.02. The van der Waals surface area contributed by atoms with Crippen molar-refractivity contribution in [2.75, 3.05) is 7.05 Å². The molecule has 0 spiro atoms. The van der Waals surface area contributed by atoms with Crippen molar-refractivity contribution in [1.82, 2.24) is 10.9 Å². The van der Waals surface area contributed by atoms with Gasteiger partial charge in [0.15, 0.2) is 0 Å². The fourth-order valence-corrected chi connectivity index (χ4v) is 0.589. The first-order valence-electron chi connectivity index (χ1n) is 2.85. The predicted octanol–water partition coefficient (Wildman–Crippen LogP) is 0.504. The Morgan fingerprint density at radius 2 is 2.56 bits per heavy atom. The zero-order valence-electron chi connectivity index (χ0n) is 5.35. The molecular weight excluding hydrogens is 116 g/mol.